The van der Waals surface area contributed by atoms with Gasteiger partial charge in [0.15, 0.2) is 6.23 Å². The maximum Gasteiger partial charge on any atom is 0.351 e. The number of ether oxygens (including phenoxy) is 1. The summed E-state index contributed by atoms with van der Waals surface area (Å²) in [6.07, 6.45) is -0.688. The molecule has 1 aliphatic rings. The Kier molecular flexibility index (Phi) is 5.89. The number of amides is 1. The summed E-state index contributed by atoms with van der Waals surface area (Å²) < 4.78 is 6.57. The molecule has 0 spiro atoms. The third-order valence-corrected chi connectivity index (χ3v) is 3.93. The van der Waals surface area contributed by atoms with Crippen molar-refractivity contribution in [2.75, 3.05) is 12.3 Å². The molecular weight excluding hydrogens is 318 g/mol. The number of nitrogen functional groups attached to an aromatic ring is 1. The summed E-state index contributed by atoms with van der Waals surface area (Å²) in [5.74, 6) is -0.413. The summed E-state index contributed by atoms with van der Waals surface area (Å²) >= 11 is 0. The third kappa shape index (κ3) is 3.73. The molecule has 7 N–H and O–H groups in total. The number of carbonyl (C=O) groups excluding carboxylic acids is 1. The number of nitrogens with zero attached hydrogens (tertiary/aromatic N) is 2. The molecule has 1 aromatic rings. The highest BCUT2D eigenvalue weighted by Gasteiger charge is 2.45. The van der Waals surface area contributed by atoms with Gasteiger partial charge in [-0.05, 0) is 12.5 Å². The molecule has 0 aliphatic carbocycles. The summed E-state index contributed by atoms with van der Waals surface area (Å²) in [5, 5.41) is 22.5. The molecule has 5 atom stereocenters. The number of hydrogen-bond acceptors (Lipinski definition) is 8. The lowest BCUT2D eigenvalue weighted by atomic mass is 10.1. The van der Waals surface area contributed by atoms with E-state index in [1.807, 2.05) is 6.92 Å². The van der Waals surface area contributed by atoms with E-state index in [0.717, 1.165) is 11.0 Å². The Balaban J connectivity index is 2.18. The SMILES string of the molecule is CCCC(N)C(=O)NC1[C@@H](CO)O[C@@H](n2ccc(N)nc2=O)[C@H]1O. The number of anilines is 1. The zero-order chi connectivity index (χ0) is 17.9. The number of hydrogen-bond donors (Lipinski definition) is 5. The molecule has 2 rings (SSSR count). The number of carbonyl (C=O) groups is 1. The van der Waals surface area contributed by atoms with Gasteiger partial charge in [0, 0.05) is 6.20 Å². The minimum atomic E-state index is -1.26. The van der Waals surface area contributed by atoms with Gasteiger partial charge in [0.1, 0.15) is 18.0 Å². The monoisotopic (exact) mass is 341 g/mol. The molecule has 10 nitrogen and oxygen atoms in total. The third-order valence-electron chi connectivity index (χ3n) is 3.93. The van der Waals surface area contributed by atoms with Crippen LogP contribution in [0.5, 0.6) is 0 Å². The molecule has 1 aliphatic heterocycles. The van der Waals surface area contributed by atoms with Crippen LogP contribution in [0.2, 0.25) is 0 Å². The van der Waals surface area contributed by atoms with Crippen molar-refractivity contribution in [1.29, 1.82) is 0 Å². The van der Waals surface area contributed by atoms with Crippen molar-refractivity contribution >= 4 is 11.7 Å². The van der Waals surface area contributed by atoms with Crippen LogP contribution < -0.4 is 22.5 Å². The molecule has 0 bridgehead atoms. The number of nitrogens with one attached hydrogen (secondary N) is 1. The normalized spacial score (nSPS) is 27.8. The summed E-state index contributed by atoms with van der Waals surface area (Å²) in [6.45, 7) is 1.45. The molecule has 2 heterocycles. The predicted octanol–water partition coefficient (Wildman–Crippen LogP) is -2.31. The second-order valence-corrected chi connectivity index (χ2v) is 5.71. The molecule has 1 saturated heterocycles. The van der Waals surface area contributed by atoms with Gasteiger partial charge in [0.2, 0.25) is 5.91 Å². The van der Waals surface area contributed by atoms with Crippen LogP contribution in [0, 0.1) is 0 Å². The molecule has 1 fully saturated rings. The molecule has 0 radical (unpaired) electrons. The molecule has 24 heavy (non-hydrogen) atoms. The van der Waals surface area contributed by atoms with Crippen LogP contribution in [-0.4, -0.2) is 56.6 Å². The van der Waals surface area contributed by atoms with E-state index in [-0.39, 0.29) is 5.82 Å². The Morgan fingerprint density at radius 2 is 2.29 bits per heavy atom. The largest absolute Gasteiger partial charge is 0.394 e. The van der Waals surface area contributed by atoms with E-state index in [1.54, 1.807) is 0 Å². The Morgan fingerprint density at radius 1 is 1.58 bits per heavy atom. The minimum absolute atomic E-state index is 0.0397. The number of nitrogens with two attached hydrogens (primary N) is 2. The Bertz CT molecular complexity index is 636. The van der Waals surface area contributed by atoms with Crippen LogP contribution in [0.15, 0.2) is 17.1 Å². The van der Waals surface area contributed by atoms with Gasteiger partial charge >= 0.3 is 5.69 Å². The van der Waals surface area contributed by atoms with Crippen LogP contribution in [0.4, 0.5) is 5.82 Å². The van der Waals surface area contributed by atoms with Gasteiger partial charge in [-0.3, -0.25) is 9.36 Å². The topological polar surface area (TPSA) is 166 Å². The van der Waals surface area contributed by atoms with Gasteiger partial charge < -0.3 is 31.7 Å². The first-order valence-electron chi connectivity index (χ1n) is 7.74. The van der Waals surface area contributed by atoms with Crippen molar-refractivity contribution < 1.29 is 19.7 Å². The number of aliphatic hydroxyl groups excluding tert-OH is 2. The van der Waals surface area contributed by atoms with Crippen molar-refractivity contribution in [3.8, 4) is 0 Å². The van der Waals surface area contributed by atoms with Gasteiger partial charge in [-0.1, -0.05) is 13.3 Å². The summed E-state index contributed by atoms with van der Waals surface area (Å²) in [5.41, 5.74) is 10.5. The van der Waals surface area contributed by atoms with E-state index >= 15 is 0 Å². The Hall–Kier alpha value is -2.01. The fourth-order valence-corrected chi connectivity index (χ4v) is 2.64. The Morgan fingerprint density at radius 3 is 2.88 bits per heavy atom. The van der Waals surface area contributed by atoms with Crippen molar-refractivity contribution in [1.82, 2.24) is 14.9 Å². The highest BCUT2D eigenvalue weighted by atomic mass is 16.5. The van der Waals surface area contributed by atoms with Crippen LogP contribution in [0.1, 0.15) is 26.0 Å². The van der Waals surface area contributed by atoms with E-state index in [4.69, 9.17) is 16.2 Å². The molecule has 2 unspecified atom stereocenters. The maximum atomic E-state index is 12.1. The molecule has 0 saturated carbocycles. The average Bonchev–Trinajstić information content (AvgIpc) is 2.84. The highest BCUT2D eigenvalue weighted by molar-refractivity contribution is 5.81. The van der Waals surface area contributed by atoms with E-state index in [9.17, 15) is 19.8 Å². The molecule has 0 aromatic carbocycles. The van der Waals surface area contributed by atoms with Crippen molar-refractivity contribution in [2.24, 2.45) is 5.73 Å². The quantitative estimate of drug-likeness (QED) is 0.385. The van der Waals surface area contributed by atoms with Crippen LogP contribution in [0.3, 0.4) is 0 Å². The van der Waals surface area contributed by atoms with Gasteiger partial charge in [0.05, 0.1) is 18.7 Å². The van der Waals surface area contributed by atoms with E-state index in [0.29, 0.717) is 6.42 Å². The Labute approximate surface area is 138 Å². The lowest BCUT2D eigenvalue weighted by Gasteiger charge is -2.22. The standard InChI is InChI=1S/C14H23N5O5/c1-2-3-7(15)12(22)18-10-8(6-20)24-13(11(10)21)19-5-4-9(16)17-14(19)23/h4-5,7-8,10-11,13,20-21H,2-3,6,15H2,1H3,(H,18,22)(H2,16,17,23)/t7?,8-,10?,11+,13-/m1/s1. The molecule has 10 heteroatoms. The van der Waals surface area contributed by atoms with Gasteiger partial charge in [0.25, 0.3) is 0 Å². The fraction of sp³-hybridized carbons (Fsp3) is 0.643. The molecule has 1 amide bonds. The lowest BCUT2D eigenvalue weighted by molar-refractivity contribution is -0.124. The second kappa shape index (κ2) is 7.71. The van der Waals surface area contributed by atoms with Crippen LogP contribution >= 0.6 is 0 Å². The number of aliphatic hydroxyl groups is 2. The van der Waals surface area contributed by atoms with Gasteiger partial charge in [-0.15, -0.1) is 0 Å². The van der Waals surface area contributed by atoms with Crippen molar-refractivity contribution in [2.45, 2.75) is 50.3 Å². The minimum Gasteiger partial charge on any atom is -0.394 e. The predicted molar refractivity (Wildman–Crippen MR) is 84.7 cm³/mol. The van der Waals surface area contributed by atoms with E-state index in [1.165, 1.54) is 12.3 Å². The molecule has 1 aromatic heterocycles. The lowest BCUT2D eigenvalue weighted by Crippen LogP contribution is -2.53. The second-order valence-electron chi connectivity index (χ2n) is 5.71. The first-order chi connectivity index (χ1) is 11.4. The zero-order valence-electron chi connectivity index (χ0n) is 13.3. The summed E-state index contributed by atoms with van der Waals surface area (Å²) in [6, 6.07) is -0.240. The number of aromatic nitrogens is 2. The van der Waals surface area contributed by atoms with Crippen molar-refractivity contribution in [3.05, 3.63) is 22.7 Å². The van der Waals surface area contributed by atoms with Gasteiger partial charge in [-0.2, -0.15) is 4.98 Å². The highest BCUT2D eigenvalue weighted by Crippen LogP contribution is 2.28. The summed E-state index contributed by atoms with van der Waals surface area (Å²) in [4.78, 5) is 27.5. The van der Waals surface area contributed by atoms with E-state index in [2.05, 4.69) is 10.3 Å². The smallest absolute Gasteiger partial charge is 0.351 e. The first-order valence-corrected chi connectivity index (χ1v) is 7.74. The van der Waals surface area contributed by atoms with Crippen molar-refractivity contribution in [3.63, 3.8) is 0 Å². The van der Waals surface area contributed by atoms with Crippen LogP contribution in [-0.2, 0) is 9.53 Å². The van der Waals surface area contributed by atoms with Crippen LogP contribution in [0.25, 0.3) is 0 Å². The molecular formula is C14H23N5O5. The van der Waals surface area contributed by atoms with Gasteiger partial charge in [-0.25, -0.2) is 4.79 Å². The van der Waals surface area contributed by atoms with E-state index < -0.39 is 48.7 Å². The number of rotatable bonds is 6. The zero-order valence-corrected chi connectivity index (χ0v) is 13.3. The first kappa shape index (κ1) is 18.3. The maximum absolute atomic E-state index is 12.1. The summed E-state index contributed by atoms with van der Waals surface area (Å²) in [7, 11) is 0. The molecule has 134 valence electrons. The fourth-order valence-electron chi connectivity index (χ4n) is 2.64. The average molecular weight is 341 g/mol.